The molecule has 0 N–H and O–H groups in total. The highest BCUT2D eigenvalue weighted by Crippen LogP contribution is 2.22. The number of nitrogens with zero attached hydrogens (tertiary/aromatic N) is 6. The van der Waals surface area contributed by atoms with Crippen molar-refractivity contribution in [1.82, 2.24) is 29.7 Å². The summed E-state index contributed by atoms with van der Waals surface area (Å²) in [7, 11) is 1.91. The van der Waals surface area contributed by atoms with E-state index in [0.29, 0.717) is 12.2 Å². The van der Waals surface area contributed by atoms with Gasteiger partial charge >= 0.3 is 5.97 Å². The zero-order valence-electron chi connectivity index (χ0n) is 13.6. The Kier molecular flexibility index (Phi) is 4.71. The zero-order valence-corrected chi connectivity index (χ0v) is 13.6. The summed E-state index contributed by atoms with van der Waals surface area (Å²) < 4.78 is 8.70. The molecule has 0 aromatic carbocycles. The fourth-order valence-electron chi connectivity index (χ4n) is 2.93. The third-order valence-corrected chi connectivity index (χ3v) is 4.16. The number of carbonyl (C=O) groups is 1. The summed E-state index contributed by atoms with van der Waals surface area (Å²) in [5.41, 5.74) is 1.61. The zero-order chi connectivity index (χ0) is 16.2. The van der Waals surface area contributed by atoms with Gasteiger partial charge in [-0.15, -0.1) is 5.10 Å². The number of hydrogen-bond donors (Lipinski definition) is 0. The van der Waals surface area contributed by atoms with E-state index in [2.05, 4.69) is 20.3 Å². The van der Waals surface area contributed by atoms with Crippen molar-refractivity contribution < 1.29 is 9.53 Å². The predicted octanol–water partition coefficient (Wildman–Crippen LogP) is 1.03. The molecule has 1 aliphatic rings. The highest BCUT2D eigenvalue weighted by molar-refractivity contribution is 5.88. The second-order valence-electron chi connectivity index (χ2n) is 5.81. The first-order valence-corrected chi connectivity index (χ1v) is 7.94. The van der Waals surface area contributed by atoms with Gasteiger partial charge in [0.15, 0.2) is 0 Å². The minimum absolute atomic E-state index is 0.271. The molecule has 0 saturated carbocycles. The molecule has 1 fully saturated rings. The minimum atomic E-state index is -0.313. The number of likely N-dealkylation sites (tertiary alicyclic amines) is 1. The van der Waals surface area contributed by atoms with Gasteiger partial charge in [-0.25, -0.2) is 4.79 Å². The van der Waals surface area contributed by atoms with Crippen molar-refractivity contribution >= 4 is 5.97 Å². The SMILES string of the molecule is CCOC(=O)c1cnn(C2CCCN(Cc3cnnn3C)C2)c1. The summed E-state index contributed by atoms with van der Waals surface area (Å²) in [6, 6.07) is 0.271. The predicted molar refractivity (Wildman–Crippen MR) is 82.7 cm³/mol. The maximum atomic E-state index is 11.8. The van der Waals surface area contributed by atoms with Gasteiger partial charge in [0, 0.05) is 26.3 Å². The minimum Gasteiger partial charge on any atom is -0.462 e. The summed E-state index contributed by atoms with van der Waals surface area (Å²) >= 11 is 0. The summed E-state index contributed by atoms with van der Waals surface area (Å²) in [5.74, 6) is -0.313. The maximum absolute atomic E-state index is 11.8. The lowest BCUT2D eigenvalue weighted by molar-refractivity contribution is 0.0526. The van der Waals surface area contributed by atoms with Crippen LogP contribution in [0.1, 0.15) is 41.9 Å². The van der Waals surface area contributed by atoms with Crippen LogP contribution in [0.4, 0.5) is 0 Å². The molecule has 3 heterocycles. The van der Waals surface area contributed by atoms with E-state index in [-0.39, 0.29) is 12.0 Å². The van der Waals surface area contributed by atoms with E-state index in [1.165, 1.54) is 0 Å². The molecule has 0 radical (unpaired) electrons. The number of esters is 1. The Bertz CT molecular complexity index is 664. The molecule has 0 spiro atoms. The quantitative estimate of drug-likeness (QED) is 0.766. The molecule has 1 aliphatic heterocycles. The normalized spacial score (nSPS) is 19.0. The molecular weight excluding hydrogens is 296 g/mol. The highest BCUT2D eigenvalue weighted by atomic mass is 16.5. The Morgan fingerprint density at radius 3 is 3.04 bits per heavy atom. The van der Waals surface area contributed by atoms with Crippen molar-refractivity contribution in [1.29, 1.82) is 0 Å². The lowest BCUT2D eigenvalue weighted by Gasteiger charge is -2.32. The van der Waals surface area contributed by atoms with Gasteiger partial charge < -0.3 is 4.74 Å². The summed E-state index contributed by atoms with van der Waals surface area (Å²) in [6.07, 6.45) is 7.34. The van der Waals surface area contributed by atoms with Crippen LogP contribution in [0.25, 0.3) is 0 Å². The van der Waals surface area contributed by atoms with E-state index >= 15 is 0 Å². The Morgan fingerprint density at radius 1 is 1.43 bits per heavy atom. The Balaban J connectivity index is 1.64. The van der Waals surface area contributed by atoms with Crippen LogP contribution in [-0.2, 0) is 18.3 Å². The monoisotopic (exact) mass is 318 g/mol. The van der Waals surface area contributed by atoms with Gasteiger partial charge in [0.2, 0.25) is 0 Å². The van der Waals surface area contributed by atoms with Crippen LogP contribution in [-0.4, -0.2) is 55.3 Å². The topological polar surface area (TPSA) is 78.1 Å². The van der Waals surface area contributed by atoms with E-state index in [4.69, 9.17) is 4.74 Å². The van der Waals surface area contributed by atoms with Crippen LogP contribution in [0.5, 0.6) is 0 Å². The van der Waals surface area contributed by atoms with Crippen LogP contribution in [0.15, 0.2) is 18.6 Å². The third-order valence-electron chi connectivity index (χ3n) is 4.16. The Morgan fingerprint density at radius 2 is 2.30 bits per heavy atom. The van der Waals surface area contributed by atoms with Crippen molar-refractivity contribution in [3.8, 4) is 0 Å². The first-order valence-electron chi connectivity index (χ1n) is 7.94. The fourth-order valence-corrected chi connectivity index (χ4v) is 2.93. The summed E-state index contributed by atoms with van der Waals surface area (Å²) in [4.78, 5) is 14.1. The molecule has 8 heteroatoms. The van der Waals surface area contributed by atoms with Crippen LogP contribution < -0.4 is 0 Å². The molecule has 2 aromatic rings. The average molecular weight is 318 g/mol. The smallest absolute Gasteiger partial charge is 0.341 e. The van der Waals surface area contributed by atoms with E-state index in [0.717, 1.165) is 38.2 Å². The van der Waals surface area contributed by atoms with E-state index in [9.17, 15) is 4.79 Å². The van der Waals surface area contributed by atoms with Gasteiger partial charge in [0.05, 0.1) is 36.3 Å². The second kappa shape index (κ2) is 6.91. The molecule has 8 nitrogen and oxygen atoms in total. The molecule has 0 bridgehead atoms. The largest absolute Gasteiger partial charge is 0.462 e. The molecule has 0 aliphatic carbocycles. The van der Waals surface area contributed by atoms with E-state index in [1.807, 2.05) is 11.7 Å². The first kappa shape index (κ1) is 15.7. The van der Waals surface area contributed by atoms with E-state index in [1.54, 1.807) is 30.2 Å². The van der Waals surface area contributed by atoms with Crippen molar-refractivity contribution in [3.63, 3.8) is 0 Å². The highest BCUT2D eigenvalue weighted by Gasteiger charge is 2.23. The number of hydrogen-bond acceptors (Lipinski definition) is 6. The molecule has 3 rings (SSSR count). The van der Waals surface area contributed by atoms with Crippen molar-refractivity contribution in [3.05, 3.63) is 29.8 Å². The molecule has 124 valence electrons. The van der Waals surface area contributed by atoms with Gasteiger partial charge in [-0.1, -0.05) is 5.21 Å². The second-order valence-corrected chi connectivity index (χ2v) is 5.81. The third kappa shape index (κ3) is 3.58. The van der Waals surface area contributed by atoms with Gasteiger partial charge in [-0.3, -0.25) is 14.3 Å². The molecular formula is C15H22N6O2. The molecule has 1 unspecified atom stereocenters. The first-order chi connectivity index (χ1) is 11.2. The van der Waals surface area contributed by atoms with E-state index < -0.39 is 0 Å². The van der Waals surface area contributed by atoms with Gasteiger partial charge in [0.25, 0.3) is 0 Å². The number of carbonyl (C=O) groups excluding carboxylic acids is 1. The molecule has 2 aromatic heterocycles. The Labute approximate surface area is 135 Å². The maximum Gasteiger partial charge on any atom is 0.341 e. The van der Waals surface area contributed by atoms with Crippen LogP contribution in [0, 0.1) is 0 Å². The van der Waals surface area contributed by atoms with Crippen molar-refractivity contribution in [2.24, 2.45) is 7.05 Å². The van der Waals surface area contributed by atoms with Gasteiger partial charge in [-0.2, -0.15) is 5.10 Å². The van der Waals surface area contributed by atoms with Crippen molar-refractivity contribution in [2.45, 2.75) is 32.4 Å². The lowest BCUT2D eigenvalue weighted by Crippen LogP contribution is -2.36. The summed E-state index contributed by atoms with van der Waals surface area (Å²) in [6.45, 7) is 4.95. The van der Waals surface area contributed by atoms with Crippen LogP contribution in [0.3, 0.4) is 0 Å². The Hall–Kier alpha value is -2.22. The number of rotatable bonds is 5. The van der Waals surface area contributed by atoms with Crippen LogP contribution >= 0.6 is 0 Å². The lowest BCUT2D eigenvalue weighted by atomic mass is 10.1. The van der Waals surface area contributed by atoms with Gasteiger partial charge in [-0.05, 0) is 26.3 Å². The molecule has 0 amide bonds. The molecule has 23 heavy (non-hydrogen) atoms. The number of piperidine rings is 1. The average Bonchev–Trinajstić information content (AvgIpc) is 3.18. The number of aryl methyl sites for hydroxylation is 1. The molecule has 1 atom stereocenters. The molecule has 1 saturated heterocycles. The van der Waals surface area contributed by atoms with Gasteiger partial charge in [0.1, 0.15) is 0 Å². The number of aromatic nitrogens is 5. The summed E-state index contributed by atoms with van der Waals surface area (Å²) in [5, 5.41) is 12.2. The van der Waals surface area contributed by atoms with Crippen molar-refractivity contribution in [2.75, 3.05) is 19.7 Å². The standard InChI is InChI=1S/C15H22N6O2/c1-3-23-15(22)12-7-17-21(9-12)13-5-4-6-20(10-13)11-14-8-16-18-19(14)2/h7-9,13H,3-6,10-11H2,1-2H3. The number of ether oxygens (including phenoxy) is 1. The fraction of sp³-hybridized carbons (Fsp3) is 0.600. The van der Waals surface area contributed by atoms with Crippen LogP contribution in [0.2, 0.25) is 0 Å².